The molecule has 10 heteroatoms. The minimum absolute atomic E-state index is 0.0298. The summed E-state index contributed by atoms with van der Waals surface area (Å²) in [7, 11) is -3.67. The molecule has 2 aromatic rings. The van der Waals surface area contributed by atoms with Gasteiger partial charge in [-0.15, -0.1) is 0 Å². The van der Waals surface area contributed by atoms with Crippen LogP contribution in [0.1, 0.15) is 17.3 Å². The molecule has 7 nitrogen and oxygen atoms in total. The van der Waals surface area contributed by atoms with E-state index in [9.17, 15) is 26.8 Å². The lowest BCUT2D eigenvalue weighted by molar-refractivity contribution is -0.119. The molecule has 2 aromatic carbocycles. The fourth-order valence-electron chi connectivity index (χ4n) is 2.23. The number of para-hydroxylation sites is 2. The molecule has 0 atom stereocenters. The Morgan fingerprint density at radius 1 is 1.07 bits per heavy atom. The molecule has 1 amide bonds. The molecule has 0 saturated heterocycles. The number of rotatable bonds is 8. The highest BCUT2D eigenvalue weighted by Gasteiger charge is 2.22. The van der Waals surface area contributed by atoms with Gasteiger partial charge in [0.2, 0.25) is 0 Å². The van der Waals surface area contributed by atoms with Gasteiger partial charge in [0.05, 0.1) is 21.9 Å². The van der Waals surface area contributed by atoms with E-state index in [0.717, 1.165) is 0 Å². The van der Waals surface area contributed by atoms with Crippen molar-refractivity contribution in [1.82, 2.24) is 0 Å². The van der Waals surface area contributed by atoms with Crippen LogP contribution in [0.15, 0.2) is 53.4 Å². The van der Waals surface area contributed by atoms with E-state index >= 15 is 0 Å². The van der Waals surface area contributed by atoms with E-state index in [4.69, 9.17) is 4.74 Å². The molecule has 0 spiro atoms. The van der Waals surface area contributed by atoms with Gasteiger partial charge in [0.15, 0.2) is 16.4 Å². The number of nitrogens with one attached hydrogen (secondary N) is 1. The van der Waals surface area contributed by atoms with Gasteiger partial charge in [-0.3, -0.25) is 4.79 Å². The third-order valence-electron chi connectivity index (χ3n) is 3.53. The summed E-state index contributed by atoms with van der Waals surface area (Å²) in [5.74, 6) is -2.27. The van der Waals surface area contributed by atoms with Crippen LogP contribution in [0.4, 0.5) is 14.5 Å². The predicted molar refractivity (Wildman–Crippen MR) is 96.2 cm³/mol. The Hall–Kier alpha value is -3.01. The summed E-state index contributed by atoms with van der Waals surface area (Å²) in [5, 5.41) is 2.29. The van der Waals surface area contributed by atoms with Crippen molar-refractivity contribution in [3.8, 4) is 5.75 Å². The zero-order valence-electron chi connectivity index (χ0n) is 14.7. The zero-order valence-corrected chi connectivity index (χ0v) is 15.5. The number of carbonyl (C=O) groups is 2. The molecule has 0 aliphatic heterocycles. The molecule has 0 radical (unpaired) electrons. The molecule has 0 fully saturated rings. The third-order valence-corrected chi connectivity index (χ3v) is 5.32. The zero-order chi connectivity index (χ0) is 20.7. The number of hydrogen-bond acceptors (Lipinski definition) is 6. The van der Waals surface area contributed by atoms with Gasteiger partial charge in [-0.1, -0.05) is 31.2 Å². The van der Waals surface area contributed by atoms with Gasteiger partial charge in [-0.05, 0) is 24.3 Å². The van der Waals surface area contributed by atoms with Gasteiger partial charge >= 0.3 is 12.6 Å². The fourth-order valence-corrected chi connectivity index (χ4v) is 3.31. The van der Waals surface area contributed by atoms with E-state index in [1.165, 1.54) is 55.5 Å². The van der Waals surface area contributed by atoms with Gasteiger partial charge in [0, 0.05) is 0 Å². The monoisotopic (exact) mass is 413 g/mol. The van der Waals surface area contributed by atoms with E-state index in [2.05, 4.69) is 10.1 Å². The number of sulfone groups is 1. The number of anilines is 1. The normalized spacial score (nSPS) is 11.1. The Morgan fingerprint density at radius 3 is 2.39 bits per heavy atom. The Morgan fingerprint density at radius 2 is 1.71 bits per heavy atom. The van der Waals surface area contributed by atoms with Crippen LogP contribution in [0.25, 0.3) is 0 Å². The third kappa shape index (κ3) is 5.49. The molecular weight excluding hydrogens is 396 g/mol. The molecule has 150 valence electrons. The van der Waals surface area contributed by atoms with Crippen LogP contribution in [0.3, 0.4) is 0 Å². The Kier molecular flexibility index (Phi) is 7.05. The second kappa shape index (κ2) is 9.27. The Bertz CT molecular complexity index is 962. The number of ether oxygens (including phenoxy) is 2. The second-order valence-electron chi connectivity index (χ2n) is 5.40. The summed E-state index contributed by atoms with van der Waals surface area (Å²) in [4.78, 5) is 24.0. The quantitative estimate of drug-likeness (QED) is 0.668. The molecule has 0 aromatic heterocycles. The smallest absolute Gasteiger partial charge is 0.387 e. The largest absolute Gasteiger partial charge is 0.452 e. The van der Waals surface area contributed by atoms with Crippen LogP contribution >= 0.6 is 0 Å². The minimum Gasteiger partial charge on any atom is -0.452 e. The highest BCUT2D eigenvalue weighted by molar-refractivity contribution is 7.91. The highest BCUT2D eigenvalue weighted by Crippen LogP contribution is 2.25. The summed E-state index contributed by atoms with van der Waals surface area (Å²) in [6.07, 6.45) is 0. The first-order chi connectivity index (χ1) is 13.2. The van der Waals surface area contributed by atoms with E-state index in [1.54, 1.807) is 0 Å². The molecule has 28 heavy (non-hydrogen) atoms. The number of benzene rings is 2. The van der Waals surface area contributed by atoms with E-state index in [0.29, 0.717) is 0 Å². The van der Waals surface area contributed by atoms with E-state index < -0.39 is 34.9 Å². The first-order valence-electron chi connectivity index (χ1n) is 8.07. The topological polar surface area (TPSA) is 98.8 Å². The van der Waals surface area contributed by atoms with Crippen LogP contribution in [0.5, 0.6) is 5.75 Å². The van der Waals surface area contributed by atoms with Gasteiger partial charge in [0.25, 0.3) is 5.91 Å². The van der Waals surface area contributed by atoms with Crippen molar-refractivity contribution < 1.29 is 36.3 Å². The van der Waals surface area contributed by atoms with Crippen molar-refractivity contribution in [2.45, 2.75) is 18.4 Å². The molecule has 2 rings (SSSR count). The van der Waals surface area contributed by atoms with Crippen molar-refractivity contribution in [2.75, 3.05) is 17.7 Å². The van der Waals surface area contributed by atoms with E-state index in [1.807, 2.05) is 0 Å². The van der Waals surface area contributed by atoms with Gasteiger partial charge < -0.3 is 14.8 Å². The lowest BCUT2D eigenvalue weighted by atomic mass is 10.2. The second-order valence-corrected chi connectivity index (χ2v) is 7.65. The van der Waals surface area contributed by atoms with Crippen LogP contribution in [0, 0.1) is 0 Å². The average Bonchev–Trinajstić information content (AvgIpc) is 2.67. The fraction of sp³-hybridized carbons (Fsp3) is 0.222. The van der Waals surface area contributed by atoms with Crippen molar-refractivity contribution in [2.24, 2.45) is 0 Å². The highest BCUT2D eigenvalue weighted by atomic mass is 32.2. The van der Waals surface area contributed by atoms with Crippen molar-refractivity contribution in [3.05, 3.63) is 54.1 Å². The molecule has 0 bridgehead atoms. The molecule has 0 saturated carbocycles. The molecule has 0 unspecified atom stereocenters. The number of carbonyl (C=O) groups excluding carboxylic acids is 2. The number of halogens is 2. The standard InChI is InChI=1S/C18H17F2NO6S/c1-2-28(24,25)15-10-6-3-7-12(15)17(23)26-11-16(22)21-13-8-4-5-9-14(13)27-18(19)20/h3-10,18H,2,11H2,1H3,(H,21,22). The Balaban J connectivity index is 2.06. The van der Waals surface area contributed by atoms with Crippen LogP contribution in [0.2, 0.25) is 0 Å². The summed E-state index contributed by atoms with van der Waals surface area (Å²) in [6, 6.07) is 11.0. The van der Waals surface area contributed by atoms with Crippen LogP contribution < -0.4 is 10.1 Å². The molecule has 0 heterocycles. The summed E-state index contributed by atoms with van der Waals surface area (Å²) in [5.41, 5.74) is -0.226. The van der Waals surface area contributed by atoms with Crippen molar-refractivity contribution in [3.63, 3.8) is 0 Å². The predicted octanol–water partition coefficient (Wildman–Crippen LogP) is 2.88. The van der Waals surface area contributed by atoms with Crippen molar-refractivity contribution >= 4 is 27.4 Å². The van der Waals surface area contributed by atoms with E-state index in [-0.39, 0.29) is 27.6 Å². The summed E-state index contributed by atoms with van der Waals surface area (Å²) < 4.78 is 58.1. The summed E-state index contributed by atoms with van der Waals surface area (Å²) in [6.45, 7) is -2.39. The maximum Gasteiger partial charge on any atom is 0.387 e. The molecule has 1 N–H and O–H groups in total. The average molecular weight is 413 g/mol. The number of alkyl halides is 2. The lowest BCUT2D eigenvalue weighted by Gasteiger charge is -2.12. The van der Waals surface area contributed by atoms with Gasteiger partial charge in [-0.25, -0.2) is 13.2 Å². The Labute approximate surface area is 160 Å². The number of esters is 1. The van der Waals surface area contributed by atoms with Gasteiger partial charge in [-0.2, -0.15) is 8.78 Å². The summed E-state index contributed by atoms with van der Waals surface area (Å²) >= 11 is 0. The first-order valence-corrected chi connectivity index (χ1v) is 9.72. The molecular formula is C18H17F2NO6S. The lowest BCUT2D eigenvalue weighted by Crippen LogP contribution is -2.22. The van der Waals surface area contributed by atoms with Crippen LogP contribution in [-0.4, -0.2) is 39.3 Å². The maximum atomic E-state index is 12.4. The van der Waals surface area contributed by atoms with Gasteiger partial charge in [0.1, 0.15) is 5.75 Å². The first kappa shape index (κ1) is 21.3. The molecule has 0 aliphatic carbocycles. The number of amides is 1. The van der Waals surface area contributed by atoms with Crippen LogP contribution in [-0.2, 0) is 19.4 Å². The van der Waals surface area contributed by atoms with Crippen molar-refractivity contribution in [1.29, 1.82) is 0 Å². The number of hydrogen-bond donors (Lipinski definition) is 1. The minimum atomic E-state index is -3.67. The maximum absolute atomic E-state index is 12.4. The molecule has 0 aliphatic rings. The SMILES string of the molecule is CCS(=O)(=O)c1ccccc1C(=O)OCC(=O)Nc1ccccc1OC(F)F.